The van der Waals surface area contributed by atoms with Crippen molar-refractivity contribution >= 4 is 40.2 Å². The van der Waals surface area contributed by atoms with Gasteiger partial charge in [-0.1, -0.05) is 25.5 Å². The number of carbonyl (C=O) groups is 1. The Morgan fingerprint density at radius 1 is 1.17 bits per heavy atom. The Kier molecular flexibility index (Phi) is 6.07. The van der Waals surface area contributed by atoms with Crippen molar-refractivity contribution in [3.8, 4) is 0 Å². The predicted octanol–water partition coefficient (Wildman–Crippen LogP) is 4.75. The number of ether oxygens (including phenoxy) is 1. The van der Waals surface area contributed by atoms with E-state index in [2.05, 4.69) is 4.98 Å². The first kappa shape index (κ1) is 20.3. The fraction of sp³-hybridized carbons (Fsp3) is 0.222. The number of carbonyl (C=O) groups excluding carboxylic acids is 1. The molecule has 29 heavy (non-hydrogen) atoms. The molecule has 0 bridgehead atoms. The van der Waals surface area contributed by atoms with Gasteiger partial charge < -0.3 is 9.15 Å². The molecular weight excluding hydrogens is 402 g/mol. The summed E-state index contributed by atoms with van der Waals surface area (Å²) >= 11 is 0.652. The standard InChI is InChI=1S/C18H15N3O7S/c1-2-3-8-27-17(22)11-9-13(20(23)24)16(14(10-11)21(25)26)29-18-19-12-6-4-5-7-15(12)28-18/h4-7,9-10H,2-3,8H2,1H3. The first-order valence-corrected chi connectivity index (χ1v) is 9.39. The van der Waals surface area contributed by atoms with Crippen molar-refractivity contribution in [1.82, 2.24) is 4.98 Å². The summed E-state index contributed by atoms with van der Waals surface area (Å²) in [7, 11) is 0. The molecule has 2 aromatic carbocycles. The molecule has 0 atom stereocenters. The number of aromatic nitrogens is 1. The van der Waals surface area contributed by atoms with Crippen LogP contribution in [0.5, 0.6) is 0 Å². The van der Waals surface area contributed by atoms with Gasteiger partial charge in [0.25, 0.3) is 16.6 Å². The number of para-hydroxylation sites is 2. The average Bonchev–Trinajstić information content (AvgIpc) is 3.10. The number of nitro benzene ring substituents is 2. The summed E-state index contributed by atoms with van der Waals surface area (Å²) in [5, 5.41) is 23.1. The minimum atomic E-state index is -0.858. The Morgan fingerprint density at radius 3 is 2.41 bits per heavy atom. The van der Waals surface area contributed by atoms with Crippen molar-refractivity contribution < 1.29 is 23.8 Å². The molecule has 11 heteroatoms. The van der Waals surface area contributed by atoms with Crippen molar-refractivity contribution in [1.29, 1.82) is 0 Å². The first-order chi connectivity index (χ1) is 13.9. The molecule has 0 N–H and O–H groups in total. The largest absolute Gasteiger partial charge is 0.462 e. The van der Waals surface area contributed by atoms with Gasteiger partial charge in [0.1, 0.15) is 5.52 Å². The average molecular weight is 417 g/mol. The zero-order valence-electron chi connectivity index (χ0n) is 15.2. The third-order valence-corrected chi connectivity index (χ3v) is 4.85. The number of rotatable bonds is 8. The zero-order chi connectivity index (χ0) is 21.0. The van der Waals surface area contributed by atoms with Gasteiger partial charge in [0, 0.05) is 12.1 Å². The highest BCUT2D eigenvalue weighted by Gasteiger charge is 2.31. The van der Waals surface area contributed by atoms with Crippen LogP contribution in [0.3, 0.4) is 0 Å². The van der Waals surface area contributed by atoms with Gasteiger partial charge in [0.05, 0.1) is 22.0 Å². The van der Waals surface area contributed by atoms with Crippen LogP contribution >= 0.6 is 11.8 Å². The molecule has 0 amide bonds. The molecule has 0 radical (unpaired) electrons. The second-order valence-corrected chi connectivity index (χ2v) is 6.86. The Morgan fingerprint density at radius 2 is 1.83 bits per heavy atom. The van der Waals surface area contributed by atoms with E-state index in [1.54, 1.807) is 24.3 Å². The highest BCUT2D eigenvalue weighted by atomic mass is 32.2. The van der Waals surface area contributed by atoms with Crippen molar-refractivity contribution in [2.45, 2.75) is 29.9 Å². The lowest BCUT2D eigenvalue weighted by molar-refractivity contribution is -0.399. The SMILES string of the molecule is CCCCOC(=O)c1cc([N+](=O)[O-])c(Sc2nc3ccccc3o2)c([N+](=O)[O-])c1. The molecule has 1 heterocycles. The van der Waals surface area contributed by atoms with Gasteiger partial charge in [-0.15, -0.1) is 0 Å². The summed E-state index contributed by atoms with van der Waals surface area (Å²) < 4.78 is 10.5. The summed E-state index contributed by atoms with van der Waals surface area (Å²) in [6, 6.07) is 8.74. The van der Waals surface area contributed by atoms with Crippen molar-refractivity contribution in [2.75, 3.05) is 6.61 Å². The number of hydrogen-bond acceptors (Lipinski definition) is 9. The topological polar surface area (TPSA) is 139 Å². The highest BCUT2D eigenvalue weighted by Crippen LogP contribution is 2.42. The highest BCUT2D eigenvalue weighted by molar-refractivity contribution is 7.99. The van der Waals surface area contributed by atoms with Gasteiger partial charge in [-0.3, -0.25) is 20.2 Å². The number of fused-ring (bicyclic) bond motifs is 1. The maximum Gasteiger partial charge on any atom is 0.338 e. The summed E-state index contributed by atoms with van der Waals surface area (Å²) in [4.78, 5) is 37.6. The van der Waals surface area contributed by atoms with E-state index in [1.807, 2.05) is 6.92 Å². The molecule has 0 aliphatic rings. The lowest BCUT2D eigenvalue weighted by Gasteiger charge is -2.06. The molecule has 10 nitrogen and oxygen atoms in total. The lowest BCUT2D eigenvalue weighted by Crippen LogP contribution is -2.08. The first-order valence-electron chi connectivity index (χ1n) is 8.58. The van der Waals surface area contributed by atoms with Crippen LogP contribution in [0, 0.1) is 20.2 Å². The van der Waals surface area contributed by atoms with E-state index in [-0.39, 0.29) is 22.3 Å². The molecule has 0 aliphatic carbocycles. The number of esters is 1. The van der Waals surface area contributed by atoms with Crippen LogP contribution in [0.15, 0.2) is 50.9 Å². The molecule has 0 fully saturated rings. The minimum Gasteiger partial charge on any atom is -0.462 e. The Hall–Kier alpha value is -3.47. The van der Waals surface area contributed by atoms with Crippen LogP contribution in [0.1, 0.15) is 30.1 Å². The Labute approximate surface area is 168 Å². The van der Waals surface area contributed by atoms with Gasteiger partial charge in [-0.05, 0) is 30.3 Å². The number of hydrogen-bond donors (Lipinski definition) is 0. The quantitative estimate of drug-likeness (QED) is 0.220. The molecule has 0 saturated heterocycles. The third-order valence-electron chi connectivity index (χ3n) is 3.87. The summed E-state index contributed by atoms with van der Waals surface area (Å²) in [6.45, 7) is 2.03. The van der Waals surface area contributed by atoms with Crippen LogP contribution in [0.25, 0.3) is 11.1 Å². The molecular formula is C18H15N3O7S. The van der Waals surface area contributed by atoms with Gasteiger partial charge in [0.2, 0.25) is 0 Å². The van der Waals surface area contributed by atoms with Crippen molar-refractivity contribution in [2.24, 2.45) is 0 Å². The van der Waals surface area contributed by atoms with E-state index < -0.39 is 27.2 Å². The van der Waals surface area contributed by atoms with E-state index in [0.29, 0.717) is 29.3 Å². The van der Waals surface area contributed by atoms with Crippen LogP contribution in [-0.2, 0) is 4.74 Å². The Balaban J connectivity index is 2.03. The van der Waals surface area contributed by atoms with Gasteiger partial charge in [-0.25, -0.2) is 9.78 Å². The van der Waals surface area contributed by atoms with Crippen LogP contribution in [0.2, 0.25) is 0 Å². The normalized spacial score (nSPS) is 10.8. The Bertz CT molecular complexity index is 1030. The van der Waals surface area contributed by atoms with Gasteiger partial charge >= 0.3 is 5.97 Å². The molecule has 150 valence electrons. The maximum atomic E-state index is 12.2. The van der Waals surface area contributed by atoms with Crippen LogP contribution < -0.4 is 0 Å². The van der Waals surface area contributed by atoms with Gasteiger partial charge in [-0.2, -0.15) is 0 Å². The second kappa shape index (κ2) is 8.69. The number of oxazole rings is 1. The van der Waals surface area contributed by atoms with Crippen molar-refractivity contribution in [3.63, 3.8) is 0 Å². The van der Waals surface area contributed by atoms with Gasteiger partial charge in [0.15, 0.2) is 10.5 Å². The fourth-order valence-corrected chi connectivity index (χ4v) is 3.39. The second-order valence-electron chi connectivity index (χ2n) is 5.90. The predicted molar refractivity (Wildman–Crippen MR) is 103 cm³/mol. The molecule has 0 spiro atoms. The summed E-state index contributed by atoms with van der Waals surface area (Å²) in [5.41, 5.74) is -0.517. The molecule has 3 rings (SSSR count). The molecule has 0 aliphatic heterocycles. The van der Waals surface area contributed by atoms with Crippen LogP contribution in [-0.4, -0.2) is 27.4 Å². The van der Waals surface area contributed by atoms with Crippen molar-refractivity contribution in [3.05, 3.63) is 62.2 Å². The zero-order valence-corrected chi connectivity index (χ0v) is 16.0. The molecule has 0 unspecified atom stereocenters. The minimum absolute atomic E-state index is 0.00988. The van der Waals surface area contributed by atoms with E-state index in [4.69, 9.17) is 9.15 Å². The number of nitrogens with zero attached hydrogens (tertiary/aromatic N) is 3. The number of benzene rings is 2. The van der Waals surface area contributed by atoms with E-state index in [9.17, 15) is 25.0 Å². The number of nitro groups is 2. The molecule has 0 saturated carbocycles. The summed E-state index contributed by atoms with van der Waals surface area (Å²) in [5.74, 6) is -0.858. The number of unbranched alkanes of at least 4 members (excludes halogenated alkanes) is 1. The third kappa shape index (κ3) is 4.51. The molecule has 1 aromatic heterocycles. The van der Waals surface area contributed by atoms with Crippen LogP contribution in [0.4, 0.5) is 11.4 Å². The van der Waals surface area contributed by atoms with E-state index in [1.165, 1.54) is 0 Å². The lowest BCUT2D eigenvalue weighted by atomic mass is 10.1. The van der Waals surface area contributed by atoms with E-state index >= 15 is 0 Å². The monoisotopic (exact) mass is 417 g/mol. The maximum absolute atomic E-state index is 12.2. The fourth-order valence-electron chi connectivity index (χ4n) is 2.47. The van der Waals surface area contributed by atoms with E-state index in [0.717, 1.165) is 18.6 Å². The summed E-state index contributed by atoms with van der Waals surface area (Å²) in [6.07, 6.45) is 1.40. The molecule has 3 aromatic rings. The smallest absolute Gasteiger partial charge is 0.338 e.